The van der Waals surface area contributed by atoms with Crippen LogP contribution in [0.1, 0.15) is 50.7 Å². The maximum absolute atomic E-state index is 13.1. The normalized spacial score (nSPS) is 16.5. The molecular formula is C16H26FN. The van der Waals surface area contributed by atoms with E-state index in [1.54, 1.807) is 6.07 Å². The summed E-state index contributed by atoms with van der Waals surface area (Å²) in [5.74, 6) is -0.110. The van der Waals surface area contributed by atoms with Crippen molar-refractivity contribution in [3.05, 3.63) is 35.1 Å². The molecule has 1 fully saturated rings. The van der Waals surface area contributed by atoms with E-state index in [0.717, 1.165) is 24.9 Å². The molecule has 1 aromatic carbocycles. The molecule has 0 aliphatic heterocycles. The lowest BCUT2D eigenvalue weighted by Crippen LogP contribution is -2.37. The van der Waals surface area contributed by atoms with Crippen LogP contribution in [0.25, 0.3) is 0 Å². The third kappa shape index (κ3) is 3.55. The molecule has 1 nitrogen and oxygen atoms in total. The van der Waals surface area contributed by atoms with E-state index in [-0.39, 0.29) is 5.82 Å². The van der Waals surface area contributed by atoms with Gasteiger partial charge in [-0.2, -0.15) is 0 Å². The van der Waals surface area contributed by atoms with E-state index in [9.17, 15) is 4.39 Å². The van der Waals surface area contributed by atoms with Gasteiger partial charge in [-0.1, -0.05) is 32.4 Å². The Morgan fingerprint density at radius 1 is 1.28 bits per heavy atom. The third-order valence-electron chi connectivity index (χ3n) is 4.01. The van der Waals surface area contributed by atoms with Crippen LogP contribution in [0.3, 0.4) is 0 Å². The Hall–Kier alpha value is -0.890. The fraction of sp³-hybridized carbons (Fsp3) is 0.625. The Labute approximate surface area is 111 Å². The van der Waals surface area contributed by atoms with Crippen molar-refractivity contribution in [2.24, 2.45) is 11.1 Å². The van der Waals surface area contributed by atoms with Crippen LogP contribution >= 0.6 is 0 Å². The summed E-state index contributed by atoms with van der Waals surface area (Å²) in [4.78, 5) is 0. The van der Waals surface area contributed by atoms with Gasteiger partial charge in [-0.3, -0.25) is 0 Å². The van der Waals surface area contributed by atoms with E-state index in [4.69, 9.17) is 5.73 Å². The van der Waals surface area contributed by atoms with Gasteiger partial charge in [0.15, 0.2) is 0 Å². The summed E-state index contributed by atoms with van der Waals surface area (Å²) >= 11 is 0. The van der Waals surface area contributed by atoms with Crippen LogP contribution in [-0.2, 0) is 6.42 Å². The molecule has 0 saturated heterocycles. The van der Waals surface area contributed by atoms with Crippen LogP contribution < -0.4 is 5.73 Å². The van der Waals surface area contributed by atoms with Crippen LogP contribution in [0, 0.1) is 18.2 Å². The molecule has 2 rings (SSSR count). The standard InChI is InChI=1S/C14H20FN.C2H6/c1-11-9-12(3-4-13(11)15)5-8-14(10-16)6-2-7-14;1-2/h3-4,9H,2,5-8,10,16H2,1H3;1-2H3. The second-order valence-electron chi connectivity index (χ2n) is 5.14. The van der Waals surface area contributed by atoms with Crippen molar-refractivity contribution in [1.82, 2.24) is 0 Å². The van der Waals surface area contributed by atoms with E-state index in [0.29, 0.717) is 5.41 Å². The summed E-state index contributed by atoms with van der Waals surface area (Å²) in [6.07, 6.45) is 6.03. The van der Waals surface area contributed by atoms with Crippen LogP contribution in [0.4, 0.5) is 4.39 Å². The average Bonchev–Trinajstić information content (AvgIpc) is 2.35. The summed E-state index contributed by atoms with van der Waals surface area (Å²) in [5.41, 5.74) is 8.20. The van der Waals surface area contributed by atoms with E-state index >= 15 is 0 Å². The minimum Gasteiger partial charge on any atom is -0.330 e. The number of nitrogens with two attached hydrogens (primary N) is 1. The van der Waals surface area contributed by atoms with E-state index in [2.05, 4.69) is 0 Å². The van der Waals surface area contributed by atoms with Gasteiger partial charge in [0.1, 0.15) is 5.82 Å². The number of hydrogen-bond acceptors (Lipinski definition) is 1. The number of benzene rings is 1. The van der Waals surface area contributed by atoms with Crippen molar-refractivity contribution in [1.29, 1.82) is 0 Å². The molecule has 0 bridgehead atoms. The highest BCUT2D eigenvalue weighted by Crippen LogP contribution is 2.43. The average molecular weight is 251 g/mol. The maximum Gasteiger partial charge on any atom is 0.126 e. The Kier molecular flexibility index (Phi) is 5.80. The van der Waals surface area contributed by atoms with Crippen LogP contribution in [0.15, 0.2) is 18.2 Å². The van der Waals surface area contributed by atoms with Gasteiger partial charge in [0.25, 0.3) is 0 Å². The fourth-order valence-electron chi connectivity index (χ4n) is 2.50. The SMILES string of the molecule is CC.Cc1cc(CCC2(CN)CCC2)ccc1F. The molecule has 0 heterocycles. The molecule has 2 N–H and O–H groups in total. The predicted molar refractivity (Wildman–Crippen MR) is 76.1 cm³/mol. The number of aryl methyl sites for hydroxylation is 2. The lowest BCUT2D eigenvalue weighted by Gasteiger charge is -2.41. The first-order valence-corrected chi connectivity index (χ1v) is 7.10. The minimum absolute atomic E-state index is 0.110. The predicted octanol–water partition coefficient (Wildman–Crippen LogP) is 4.22. The minimum atomic E-state index is -0.110. The molecule has 1 aromatic rings. The third-order valence-corrected chi connectivity index (χ3v) is 4.01. The van der Waals surface area contributed by atoms with Crippen molar-refractivity contribution in [3.63, 3.8) is 0 Å². The topological polar surface area (TPSA) is 26.0 Å². The van der Waals surface area contributed by atoms with Crippen LogP contribution in [-0.4, -0.2) is 6.54 Å². The first-order valence-electron chi connectivity index (χ1n) is 7.10. The molecular weight excluding hydrogens is 225 g/mol. The second-order valence-corrected chi connectivity index (χ2v) is 5.14. The molecule has 0 atom stereocenters. The molecule has 0 amide bonds. The summed E-state index contributed by atoms with van der Waals surface area (Å²) in [6.45, 7) is 6.62. The van der Waals surface area contributed by atoms with Gasteiger partial charge in [-0.15, -0.1) is 0 Å². The van der Waals surface area contributed by atoms with Crippen molar-refractivity contribution >= 4 is 0 Å². The molecule has 102 valence electrons. The smallest absolute Gasteiger partial charge is 0.126 e. The van der Waals surface area contributed by atoms with Gasteiger partial charge in [-0.05, 0) is 61.8 Å². The van der Waals surface area contributed by atoms with Gasteiger partial charge in [0.2, 0.25) is 0 Å². The zero-order chi connectivity index (χ0) is 13.6. The zero-order valence-electron chi connectivity index (χ0n) is 11.9. The lowest BCUT2D eigenvalue weighted by atomic mass is 9.66. The molecule has 0 unspecified atom stereocenters. The molecule has 1 aliphatic rings. The Morgan fingerprint density at radius 3 is 2.39 bits per heavy atom. The zero-order valence-corrected chi connectivity index (χ0v) is 11.9. The molecule has 0 aromatic heterocycles. The highest BCUT2D eigenvalue weighted by atomic mass is 19.1. The van der Waals surface area contributed by atoms with Crippen LogP contribution in [0.2, 0.25) is 0 Å². The van der Waals surface area contributed by atoms with Crippen molar-refractivity contribution < 1.29 is 4.39 Å². The van der Waals surface area contributed by atoms with Crippen molar-refractivity contribution in [2.45, 2.75) is 52.9 Å². The Balaban J connectivity index is 0.000000771. The summed E-state index contributed by atoms with van der Waals surface area (Å²) in [7, 11) is 0. The monoisotopic (exact) mass is 251 g/mol. The Morgan fingerprint density at radius 2 is 1.94 bits per heavy atom. The molecule has 0 radical (unpaired) electrons. The van der Waals surface area contributed by atoms with Gasteiger partial charge < -0.3 is 5.73 Å². The second kappa shape index (κ2) is 6.89. The first-order chi connectivity index (χ1) is 8.65. The Bertz CT molecular complexity index is 364. The molecule has 1 saturated carbocycles. The number of hydrogen-bond donors (Lipinski definition) is 1. The van der Waals surface area contributed by atoms with Crippen LogP contribution in [0.5, 0.6) is 0 Å². The van der Waals surface area contributed by atoms with E-state index in [1.807, 2.05) is 32.9 Å². The number of rotatable bonds is 4. The molecule has 0 spiro atoms. The maximum atomic E-state index is 13.1. The summed E-state index contributed by atoms with van der Waals surface area (Å²) in [5, 5.41) is 0. The van der Waals surface area contributed by atoms with Gasteiger partial charge >= 0.3 is 0 Å². The summed E-state index contributed by atoms with van der Waals surface area (Å²) < 4.78 is 13.1. The number of halogens is 1. The fourth-order valence-corrected chi connectivity index (χ4v) is 2.50. The first kappa shape index (κ1) is 15.2. The quantitative estimate of drug-likeness (QED) is 0.851. The van der Waals surface area contributed by atoms with Gasteiger partial charge in [0, 0.05) is 0 Å². The van der Waals surface area contributed by atoms with Crippen molar-refractivity contribution in [2.75, 3.05) is 6.54 Å². The molecule has 1 aliphatic carbocycles. The van der Waals surface area contributed by atoms with E-state index < -0.39 is 0 Å². The summed E-state index contributed by atoms with van der Waals surface area (Å²) in [6, 6.07) is 5.42. The van der Waals surface area contributed by atoms with Gasteiger partial charge in [0.05, 0.1) is 0 Å². The van der Waals surface area contributed by atoms with E-state index in [1.165, 1.54) is 24.8 Å². The molecule has 2 heteroatoms. The largest absolute Gasteiger partial charge is 0.330 e. The lowest BCUT2D eigenvalue weighted by molar-refractivity contribution is 0.131. The molecule has 18 heavy (non-hydrogen) atoms. The highest BCUT2D eigenvalue weighted by Gasteiger charge is 2.34. The highest BCUT2D eigenvalue weighted by molar-refractivity contribution is 5.24. The van der Waals surface area contributed by atoms with Gasteiger partial charge in [-0.25, -0.2) is 4.39 Å². The van der Waals surface area contributed by atoms with Crippen molar-refractivity contribution in [3.8, 4) is 0 Å².